The van der Waals surface area contributed by atoms with Crippen LogP contribution in [0.25, 0.3) is 0 Å². The number of nitrogens with two attached hydrogens (primary N) is 2. The van der Waals surface area contributed by atoms with Crippen molar-refractivity contribution < 1.29 is 9.84 Å². The Morgan fingerprint density at radius 2 is 2.23 bits per heavy atom. The van der Waals surface area contributed by atoms with Crippen LogP contribution in [0.1, 0.15) is 11.1 Å². The van der Waals surface area contributed by atoms with Gasteiger partial charge in [0.25, 0.3) is 0 Å². The van der Waals surface area contributed by atoms with Crippen LogP contribution in [0.5, 0.6) is 11.5 Å². The Bertz CT molecular complexity index is 542. The largest absolute Gasteiger partial charge is 0.507 e. The SMILES string of the molecule is C[B]CCc1ccc(OC2CN(C/C(N)=C/N)C2)c(C)c1O. The lowest BCUT2D eigenvalue weighted by Crippen LogP contribution is -2.54. The molecule has 0 spiro atoms. The second kappa shape index (κ2) is 7.45. The van der Waals surface area contributed by atoms with E-state index in [9.17, 15) is 5.11 Å². The molecule has 5 nitrogen and oxygen atoms in total. The van der Waals surface area contributed by atoms with E-state index in [1.54, 1.807) is 0 Å². The number of likely N-dealkylation sites (tertiary alicyclic amines) is 1. The first kappa shape index (κ1) is 16.6. The molecule has 1 heterocycles. The third kappa shape index (κ3) is 3.88. The smallest absolute Gasteiger partial charge is 0.126 e. The van der Waals surface area contributed by atoms with Gasteiger partial charge < -0.3 is 21.3 Å². The van der Waals surface area contributed by atoms with Crippen molar-refractivity contribution in [3.05, 3.63) is 35.2 Å². The van der Waals surface area contributed by atoms with Crippen molar-refractivity contribution in [2.45, 2.75) is 32.6 Å². The number of hydrogen-bond donors (Lipinski definition) is 3. The van der Waals surface area contributed by atoms with Gasteiger partial charge in [-0.1, -0.05) is 19.2 Å². The standard InChI is InChI=1S/C16H25BN3O2/c1-11-15(4-3-12(16(11)21)5-6-17-2)22-14-9-20(10-14)8-13(19)7-18/h3-4,7,14,21H,5-6,8-10,18-19H2,1-2H3/b13-7-. The highest BCUT2D eigenvalue weighted by atomic mass is 16.5. The van der Waals surface area contributed by atoms with Gasteiger partial charge in [-0.3, -0.25) is 4.90 Å². The van der Waals surface area contributed by atoms with E-state index in [2.05, 4.69) is 12.2 Å². The first-order valence-electron chi connectivity index (χ1n) is 7.69. The average molecular weight is 302 g/mol. The molecule has 22 heavy (non-hydrogen) atoms. The summed E-state index contributed by atoms with van der Waals surface area (Å²) in [7, 11) is 2.10. The van der Waals surface area contributed by atoms with Crippen molar-refractivity contribution in [2.75, 3.05) is 19.6 Å². The molecule has 0 atom stereocenters. The number of benzene rings is 1. The molecule has 1 radical (unpaired) electrons. The summed E-state index contributed by atoms with van der Waals surface area (Å²) >= 11 is 0. The Morgan fingerprint density at radius 1 is 1.50 bits per heavy atom. The Kier molecular flexibility index (Phi) is 5.60. The third-order valence-electron chi connectivity index (χ3n) is 4.00. The number of phenols is 1. The molecule has 6 heteroatoms. The van der Waals surface area contributed by atoms with E-state index < -0.39 is 0 Å². The highest BCUT2D eigenvalue weighted by Gasteiger charge is 2.29. The van der Waals surface area contributed by atoms with Crippen LogP contribution in [0.3, 0.4) is 0 Å². The van der Waals surface area contributed by atoms with Crippen LogP contribution in [0.15, 0.2) is 24.0 Å². The van der Waals surface area contributed by atoms with Crippen molar-refractivity contribution in [1.29, 1.82) is 0 Å². The van der Waals surface area contributed by atoms with Crippen molar-refractivity contribution in [3.63, 3.8) is 0 Å². The van der Waals surface area contributed by atoms with Crippen LogP contribution < -0.4 is 16.2 Å². The van der Waals surface area contributed by atoms with Gasteiger partial charge in [-0.25, -0.2) is 0 Å². The number of ether oxygens (including phenoxy) is 1. The molecule has 1 aliphatic heterocycles. The minimum Gasteiger partial charge on any atom is -0.507 e. The minimum absolute atomic E-state index is 0.137. The molecule has 0 aliphatic carbocycles. The summed E-state index contributed by atoms with van der Waals surface area (Å²) in [4.78, 5) is 2.17. The summed E-state index contributed by atoms with van der Waals surface area (Å²) in [5.41, 5.74) is 13.5. The number of aryl methyl sites for hydroxylation is 1. The molecule has 5 N–H and O–H groups in total. The predicted octanol–water partition coefficient (Wildman–Crippen LogP) is 1.24. The number of phenolic OH excluding ortho intramolecular Hbond substituents is 1. The van der Waals surface area contributed by atoms with Gasteiger partial charge in [0.1, 0.15) is 24.9 Å². The molecular weight excluding hydrogens is 277 g/mol. The Balaban J connectivity index is 1.91. The molecule has 1 aromatic carbocycles. The summed E-state index contributed by atoms with van der Waals surface area (Å²) < 4.78 is 5.97. The van der Waals surface area contributed by atoms with Crippen molar-refractivity contribution >= 4 is 7.28 Å². The van der Waals surface area contributed by atoms with Crippen molar-refractivity contribution in [1.82, 2.24) is 4.90 Å². The molecular formula is C16H25BN3O2. The maximum absolute atomic E-state index is 10.3. The quantitative estimate of drug-likeness (QED) is 0.660. The van der Waals surface area contributed by atoms with E-state index in [1.807, 2.05) is 25.9 Å². The fourth-order valence-corrected chi connectivity index (χ4v) is 2.58. The molecule has 0 saturated carbocycles. The lowest BCUT2D eigenvalue weighted by atomic mass is 9.75. The van der Waals surface area contributed by atoms with Gasteiger partial charge in [0, 0.05) is 37.1 Å². The van der Waals surface area contributed by atoms with E-state index >= 15 is 0 Å². The second-order valence-electron chi connectivity index (χ2n) is 5.82. The minimum atomic E-state index is 0.137. The van der Waals surface area contributed by atoms with Gasteiger partial charge in [-0.05, 0) is 25.0 Å². The molecule has 0 bridgehead atoms. The molecule has 2 rings (SSSR count). The van der Waals surface area contributed by atoms with Crippen LogP contribution in [-0.2, 0) is 6.42 Å². The Labute approximate surface area is 133 Å². The van der Waals surface area contributed by atoms with Gasteiger partial charge in [-0.2, -0.15) is 0 Å². The van der Waals surface area contributed by atoms with E-state index in [0.29, 0.717) is 18.0 Å². The third-order valence-corrected chi connectivity index (χ3v) is 4.00. The summed E-state index contributed by atoms with van der Waals surface area (Å²) in [6.07, 6.45) is 3.38. The molecule has 0 aromatic heterocycles. The molecule has 1 saturated heterocycles. The summed E-state index contributed by atoms with van der Waals surface area (Å²) in [5, 5.41) is 10.3. The Morgan fingerprint density at radius 3 is 2.86 bits per heavy atom. The normalized spacial score (nSPS) is 16.4. The maximum Gasteiger partial charge on any atom is 0.126 e. The first-order chi connectivity index (χ1) is 10.5. The van der Waals surface area contributed by atoms with E-state index in [4.69, 9.17) is 16.2 Å². The average Bonchev–Trinajstić information content (AvgIpc) is 2.48. The fraction of sp³-hybridized carbons (Fsp3) is 0.500. The zero-order valence-electron chi connectivity index (χ0n) is 13.4. The summed E-state index contributed by atoms with van der Waals surface area (Å²) in [6.45, 7) is 6.24. The van der Waals surface area contributed by atoms with Crippen molar-refractivity contribution in [3.8, 4) is 11.5 Å². The van der Waals surface area contributed by atoms with E-state index in [0.717, 1.165) is 42.7 Å². The summed E-state index contributed by atoms with van der Waals surface area (Å²) in [6, 6.07) is 3.91. The van der Waals surface area contributed by atoms with Crippen LogP contribution in [0, 0.1) is 6.92 Å². The van der Waals surface area contributed by atoms with Gasteiger partial charge in [0.05, 0.1) is 0 Å². The molecule has 119 valence electrons. The van der Waals surface area contributed by atoms with Gasteiger partial charge in [-0.15, -0.1) is 0 Å². The van der Waals surface area contributed by atoms with Crippen LogP contribution in [-0.4, -0.2) is 43.0 Å². The number of hydrogen-bond acceptors (Lipinski definition) is 5. The molecule has 1 aromatic rings. The lowest BCUT2D eigenvalue weighted by Gasteiger charge is -2.39. The second-order valence-corrected chi connectivity index (χ2v) is 5.82. The molecule has 0 unspecified atom stereocenters. The Hall–Kier alpha value is -1.82. The zero-order valence-corrected chi connectivity index (χ0v) is 13.4. The topological polar surface area (TPSA) is 84.7 Å². The monoisotopic (exact) mass is 302 g/mol. The highest BCUT2D eigenvalue weighted by Crippen LogP contribution is 2.32. The van der Waals surface area contributed by atoms with Gasteiger partial charge in [0.15, 0.2) is 0 Å². The molecule has 0 amide bonds. The van der Waals surface area contributed by atoms with E-state index in [1.165, 1.54) is 6.20 Å². The first-order valence-corrected chi connectivity index (χ1v) is 7.69. The lowest BCUT2D eigenvalue weighted by molar-refractivity contribution is 0.0257. The number of nitrogens with zero attached hydrogens (tertiary/aromatic N) is 1. The van der Waals surface area contributed by atoms with Crippen molar-refractivity contribution in [2.24, 2.45) is 11.5 Å². The highest BCUT2D eigenvalue weighted by molar-refractivity contribution is 6.33. The number of aromatic hydroxyl groups is 1. The van der Waals surface area contributed by atoms with Crippen LogP contribution in [0.2, 0.25) is 13.1 Å². The predicted molar refractivity (Wildman–Crippen MR) is 90.3 cm³/mol. The fourth-order valence-electron chi connectivity index (χ4n) is 2.58. The summed E-state index contributed by atoms with van der Waals surface area (Å²) in [5.74, 6) is 1.11. The zero-order chi connectivity index (χ0) is 16.1. The van der Waals surface area contributed by atoms with Crippen LogP contribution in [0.4, 0.5) is 0 Å². The molecule has 1 fully saturated rings. The van der Waals surface area contributed by atoms with Gasteiger partial charge >= 0.3 is 0 Å². The number of rotatable bonds is 7. The van der Waals surface area contributed by atoms with E-state index in [-0.39, 0.29) is 6.10 Å². The van der Waals surface area contributed by atoms with Crippen LogP contribution >= 0.6 is 0 Å². The molecule has 1 aliphatic rings. The maximum atomic E-state index is 10.3. The van der Waals surface area contributed by atoms with Gasteiger partial charge in [0.2, 0.25) is 0 Å².